The zero-order chi connectivity index (χ0) is 17.8. The van der Waals surface area contributed by atoms with E-state index in [1.54, 1.807) is 10.9 Å². The van der Waals surface area contributed by atoms with E-state index in [1.807, 2.05) is 42.2 Å². The van der Waals surface area contributed by atoms with Gasteiger partial charge in [-0.2, -0.15) is 5.10 Å². The maximum Gasteiger partial charge on any atom is 0.305 e. The van der Waals surface area contributed by atoms with Crippen molar-refractivity contribution in [2.24, 2.45) is 5.92 Å². The number of piperidine rings is 1. The van der Waals surface area contributed by atoms with Crippen molar-refractivity contribution in [2.45, 2.75) is 26.2 Å². The van der Waals surface area contributed by atoms with Gasteiger partial charge in [-0.3, -0.25) is 9.59 Å². The Hall–Kier alpha value is -2.63. The first-order chi connectivity index (χ1) is 12.1. The zero-order valence-corrected chi connectivity index (χ0v) is 14.6. The molecule has 1 fully saturated rings. The highest BCUT2D eigenvalue weighted by atomic mass is 16.5. The van der Waals surface area contributed by atoms with E-state index in [0.717, 1.165) is 24.2 Å². The lowest BCUT2D eigenvalue weighted by Gasteiger charge is -2.31. The van der Waals surface area contributed by atoms with Crippen LogP contribution in [-0.2, 0) is 9.53 Å². The minimum absolute atomic E-state index is 0.0104. The molecular formula is C19H23N3O3. The second kappa shape index (κ2) is 7.51. The second-order valence-electron chi connectivity index (χ2n) is 6.41. The van der Waals surface area contributed by atoms with Crippen LogP contribution in [0.5, 0.6) is 0 Å². The first-order valence-corrected chi connectivity index (χ1v) is 8.56. The highest BCUT2D eigenvalue weighted by Crippen LogP contribution is 2.23. The van der Waals surface area contributed by atoms with Crippen molar-refractivity contribution >= 4 is 11.9 Å². The van der Waals surface area contributed by atoms with Crippen LogP contribution in [0, 0.1) is 12.8 Å². The summed E-state index contributed by atoms with van der Waals surface area (Å²) in [5.41, 5.74) is 2.42. The molecule has 25 heavy (non-hydrogen) atoms. The van der Waals surface area contributed by atoms with Crippen LogP contribution in [0.25, 0.3) is 5.69 Å². The minimum atomic E-state index is -0.176. The van der Waals surface area contributed by atoms with Gasteiger partial charge in [-0.1, -0.05) is 18.2 Å². The topological polar surface area (TPSA) is 64.4 Å². The SMILES string of the molecule is COC(=O)CC1CCN(C(=O)c2cnn(-c3ccccc3)c2C)CC1. The van der Waals surface area contributed by atoms with Crippen LogP contribution < -0.4 is 0 Å². The minimum Gasteiger partial charge on any atom is -0.469 e. The smallest absolute Gasteiger partial charge is 0.305 e. The lowest BCUT2D eigenvalue weighted by Crippen LogP contribution is -2.39. The van der Waals surface area contributed by atoms with E-state index in [2.05, 4.69) is 5.10 Å². The largest absolute Gasteiger partial charge is 0.469 e. The number of benzene rings is 1. The fourth-order valence-electron chi connectivity index (χ4n) is 3.28. The molecule has 0 atom stereocenters. The second-order valence-corrected chi connectivity index (χ2v) is 6.41. The molecule has 1 aliphatic rings. The van der Waals surface area contributed by atoms with Crippen LogP contribution >= 0.6 is 0 Å². The molecular weight excluding hydrogens is 318 g/mol. The van der Waals surface area contributed by atoms with Crippen molar-refractivity contribution in [3.8, 4) is 5.69 Å². The van der Waals surface area contributed by atoms with Crippen molar-refractivity contribution < 1.29 is 14.3 Å². The van der Waals surface area contributed by atoms with Crippen LogP contribution in [0.15, 0.2) is 36.5 Å². The van der Waals surface area contributed by atoms with Gasteiger partial charge in [0.25, 0.3) is 5.91 Å². The molecule has 3 rings (SSSR count). The molecule has 6 nitrogen and oxygen atoms in total. The zero-order valence-electron chi connectivity index (χ0n) is 14.6. The van der Waals surface area contributed by atoms with Crippen molar-refractivity contribution in [3.63, 3.8) is 0 Å². The quantitative estimate of drug-likeness (QED) is 0.802. The number of carbonyl (C=O) groups excluding carboxylic acids is 2. The van der Waals surface area contributed by atoms with Gasteiger partial charge in [0.1, 0.15) is 0 Å². The van der Waals surface area contributed by atoms with Crippen LogP contribution in [-0.4, -0.2) is 46.8 Å². The number of nitrogens with zero attached hydrogens (tertiary/aromatic N) is 3. The third-order valence-electron chi connectivity index (χ3n) is 4.83. The van der Waals surface area contributed by atoms with Gasteiger partial charge >= 0.3 is 5.97 Å². The van der Waals surface area contributed by atoms with Gasteiger partial charge in [-0.05, 0) is 37.8 Å². The lowest BCUT2D eigenvalue weighted by molar-refractivity contribution is -0.142. The Morgan fingerprint density at radius 1 is 1.20 bits per heavy atom. The normalized spacial score (nSPS) is 15.2. The lowest BCUT2D eigenvalue weighted by atomic mass is 9.93. The Kier molecular flexibility index (Phi) is 5.16. The molecule has 0 bridgehead atoms. The van der Waals surface area contributed by atoms with Crippen molar-refractivity contribution in [1.29, 1.82) is 0 Å². The fourth-order valence-corrected chi connectivity index (χ4v) is 3.28. The van der Waals surface area contributed by atoms with Gasteiger partial charge in [0.15, 0.2) is 0 Å². The van der Waals surface area contributed by atoms with E-state index in [1.165, 1.54) is 7.11 Å². The van der Waals surface area contributed by atoms with Gasteiger partial charge < -0.3 is 9.64 Å². The fraction of sp³-hybridized carbons (Fsp3) is 0.421. The third kappa shape index (κ3) is 3.73. The molecule has 0 unspecified atom stereocenters. The van der Waals surface area contributed by atoms with Crippen molar-refractivity contribution in [3.05, 3.63) is 47.8 Å². The third-order valence-corrected chi connectivity index (χ3v) is 4.83. The Morgan fingerprint density at radius 2 is 1.88 bits per heavy atom. The van der Waals surface area contributed by atoms with Crippen molar-refractivity contribution in [2.75, 3.05) is 20.2 Å². The van der Waals surface area contributed by atoms with Crippen LogP contribution in [0.1, 0.15) is 35.3 Å². The number of methoxy groups -OCH3 is 1. The average molecular weight is 341 g/mol. The summed E-state index contributed by atoms with van der Waals surface area (Å²) < 4.78 is 6.52. The maximum atomic E-state index is 12.8. The predicted molar refractivity (Wildman–Crippen MR) is 93.6 cm³/mol. The van der Waals surface area contributed by atoms with Gasteiger partial charge in [-0.25, -0.2) is 4.68 Å². The van der Waals surface area contributed by atoms with E-state index in [9.17, 15) is 9.59 Å². The van der Waals surface area contributed by atoms with Crippen LogP contribution in [0.4, 0.5) is 0 Å². The molecule has 2 aromatic rings. The Balaban J connectivity index is 1.67. The summed E-state index contributed by atoms with van der Waals surface area (Å²) in [6, 6.07) is 9.78. The van der Waals surface area contributed by atoms with E-state index in [-0.39, 0.29) is 11.9 Å². The summed E-state index contributed by atoms with van der Waals surface area (Å²) in [7, 11) is 1.41. The standard InChI is InChI=1S/C19H23N3O3/c1-14-17(13-20-22(14)16-6-4-3-5-7-16)19(24)21-10-8-15(9-11-21)12-18(23)25-2/h3-7,13,15H,8-12H2,1-2H3. The Morgan fingerprint density at radius 3 is 2.52 bits per heavy atom. The number of carbonyl (C=O) groups is 2. The predicted octanol–water partition coefficient (Wildman–Crippen LogP) is 2.60. The molecule has 1 saturated heterocycles. The van der Waals surface area contributed by atoms with Crippen molar-refractivity contribution in [1.82, 2.24) is 14.7 Å². The molecule has 132 valence electrons. The average Bonchev–Trinajstić information content (AvgIpc) is 3.03. The summed E-state index contributed by atoms with van der Waals surface area (Å²) in [6.07, 6.45) is 3.73. The van der Waals surface area contributed by atoms with E-state index < -0.39 is 0 Å². The molecule has 6 heteroatoms. The summed E-state index contributed by atoms with van der Waals surface area (Å²) in [6.45, 7) is 3.24. The number of para-hydroxylation sites is 1. The van der Waals surface area contributed by atoms with E-state index >= 15 is 0 Å². The monoisotopic (exact) mass is 341 g/mol. The summed E-state index contributed by atoms with van der Waals surface area (Å²) in [5, 5.41) is 4.38. The summed E-state index contributed by atoms with van der Waals surface area (Å²) in [4.78, 5) is 26.1. The van der Waals surface area contributed by atoms with Crippen LogP contribution in [0.3, 0.4) is 0 Å². The number of hydrogen-bond donors (Lipinski definition) is 0. The number of aromatic nitrogens is 2. The molecule has 1 amide bonds. The highest BCUT2D eigenvalue weighted by molar-refractivity contribution is 5.95. The van der Waals surface area contributed by atoms with Gasteiger partial charge in [-0.15, -0.1) is 0 Å². The molecule has 1 aliphatic heterocycles. The molecule has 0 spiro atoms. The number of ether oxygens (including phenoxy) is 1. The number of hydrogen-bond acceptors (Lipinski definition) is 4. The molecule has 2 heterocycles. The first-order valence-electron chi connectivity index (χ1n) is 8.56. The molecule has 0 saturated carbocycles. The van der Waals surface area contributed by atoms with Gasteiger partial charge in [0, 0.05) is 19.5 Å². The Labute approximate surface area is 147 Å². The molecule has 0 radical (unpaired) electrons. The Bertz CT molecular complexity index is 747. The number of likely N-dealkylation sites (tertiary alicyclic amines) is 1. The van der Waals surface area contributed by atoms with Crippen LogP contribution in [0.2, 0.25) is 0 Å². The maximum absolute atomic E-state index is 12.8. The molecule has 0 aliphatic carbocycles. The van der Waals surface area contributed by atoms with Gasteiger partial charge in [0.05, 0.1) is 30.3 Å². The molecule has 1 aromatic carbocycles. The van der Waals surface area contributed by atoms with Gasteiger partial charge in [0.2, 0.25) is 0 Å². The highest BCUT2D eigenvalue weighted by Gasteiger charge is 2.27. The first kappa shape index (κ1) is 17.2. The summed E-state index contributed by atoms with van der Waals surface area (Å²) >= 11 is 0. The van der Waals surface area contributed by atoms with E-state index in [4.69, 9.17) is 4.74 Å². The van der Waals surface area contributed by atoms with E-state index in [0.29, 0.717) is 31.0 Å². The molecule has 0 N–H and O–H groups in total. The number of esters is 1. The summed E-state index contributed by atoms with van der Waals surface area (Å²) in [5.74, 6) is 0.130. The molecule has 1 aromatic heterocycles. The number of rotatable bonds is 4. The number of amides is 1.